The molecule has 8 nitrogen and oxygen atoms in total. The average Bonchev–Trinajstić information content (AvgIpc) is 2.85. The Morgan fingerprint density at radius 3 is 2.71 bits per heavy atom. The molecule has 0 aliphatic carbocycles. The molecule has 0 aromatic heterocycles. The number of aliphatic hydroxyl groups is 1. The molecular formula is C26H41N3O5. The summed E-state index contributed by atoms with van der Waals surface area (Å²) >= 11 is 0. The maximum Gasteiger partial charge on any atom is 0.222 e. The van der Waals surface area contributed by atoms with Crippen LogP contribution in [0.3, 0.4) is 0 Å². The fourth-order valence-electron chi connectivity index (χ4n) is 5.25. The van der Waals surface area contributed by atoms with Gasteiger partial charge in [-0.25, -0.2) is 0 Å². The highest BCUT2D eigenvalue weighted by Crippen LogP contribution is 2.28. The van der Waals surface area contributed by atoms with Crippen molar-refractivity contribution in [3.8, 4) is 0 Å². The zero-order valence-corrected chi connectivity index (χ0v) is 20.3. The maximum absolute atomic E-state index is 12.5. The molecule has 1 amide bonds. The summed E-state index contributed by atoms with van der Waals surface area (Å²) < 4.78 is 17.5. The third kappa shape index (κ3) is 8.00. The van der Waals surface area contributed by atoms with Crippen LogP contribution in [-0.4, -0.2) is 111 Å². The molecule has 3 aliphatic heterocycles. The first-order chi connectivity index (χ1) is 16.7. The van der Waals surface area contributed by atoms with E-state index in [2.05, 4.69) is 39.4 Å². The molecule has 8 heteroatoms. The van der Waals surface area contributed by atoms with Crippen LogP contribution >= 0.6 is 0 Å². The lowest BCUT2D eigenvalue weighted by Crippen LogP contribution is -2.56. The molecule has 3 saturated heterocycles. The highest BCUT2D eigenvalue weighted by atomic mass is 16.5. The van der Waals surface area contributed by atoms with Gasteiger partial charge in [0.1, 0.15) is 0 Å². The summed E-state index contributed by atoms with van der Waals surface area (Å²) in [6.07, 6.45) is 3.44. The van der Waals surface area contributed by atoms with Gasteiger partial charge in [0, 0.05) is 38.8 Å². The smallest absolute Gasteiger partial charge is 0.222 e. The zero-order valence-electron chi connectivity index (χ0n) is 20.3. The lowest BCUT2D eigenvalue weighted by Gasteiger charge is -2.44. The number of morpholine rings is 1. The lowest BCUT2D eigenvalue weighted by molar-refractivity contribution is -0.156. The zero-order chi connectivity index (χ0) is 23.6. The Kier molecular flexibility index (Phi) is 10.2. The number of fused-ring (bicyclic) bond motifs is 1. The number of nitrogens with zero attached hydrogens (tertiary/aromatic N) is 2. The number of β-amino-alcohol motifs (C(OH)–C–C–N with tert-alkyl or cyclic N) is 1. The lowest BCUT2D eigenvalue weighted by atomic mass is 9.94. The number of carbonyl (C=O) groups excluding carboxylic acids is 1. The third-order valence-electron chi connectivity index (χ3n) is 7.11. The Morgan fingerprint density at radius 1 is 1.06 bits per heavy atom. The van der Waals surface area contributed by atoms with Crippen molar-refractivity contribution in [1.29, 1.82) is 0 Å². The summed E-state index contributed by atoms with van der Waals surface area (Å²) in [5.74, 6) is 0.0635. The van der Waals surface area contributed by atoms with Crippen LogP contribution in [0.4, 0.5) is 0 Å². The molecule has 190 valence electrons. The van der Waals surface area contributed by atoms with Gasteiger partial charge in [-0.15, -0.1) is 0 Å². The minimum Gasteiger partial charge on any atom is -0.389 e. The van der Waals surface area contributed by atoms with E-state index in [1.807, 2.05) is 6.07 Å². The molecule has 0 bridgehead atoms. The SMILES string of the molecule is O=C(C[C@@H]1CC[C@H]2[C@@H](COC[C@H](O)CN2CCc2ccccc2)O1)NCCCN1CCOCC1. The first kappa shape index (κ1) is 25.5. The van der Waals surface area contributed by atoms with Crippen LogP contribution in [0.15, 0.2) is 30.3 Å². The predicted molar refractivity (Wildman–Crippen MR) is 130 cm³/mol. The number of aliphatic hydroxyl groups excluding tert-OH is 1. The Hall–Kier alpha value is -1.55. The van der Waals surface area contributed by atoms with Gasteiger partial charge in [-0.1, -0.05) is 30.3 Å². The number of rotatable bonds is 9. The second-order valence-corrected chi connectivity index (χ2v) is 9.72. The van der Waals surface area contributed by atoms with Crippen LogP contribution in [0.2, 0.25) is 0 Å². The van der Waals surface area contributed by atoms with Gasteiger partial charge in [-0.3, -0.25) is 14.6 Å². The van der Waals surface area contributed by atoms with Crippen LogP contribution in [0.5, 0.6) is 0 Å². The molecule has 1 aromatic carbocycles. The summed E-state index contributed by atoms with van der Waals surface area (Å²) in [6.45, 7) is 7.51. The molecule has 3 aliphatic rings. The standard InChI is InChI=1S/C26H41N3O5/c30-22-18-29(12-9-21-5-2-1-3-6-21)24-8-7-23(34-25(24)20-33-19-22)17-26(31)27-10-4-11-28-13-15-32-16-14-28/h1-3,5-6,22-25,30H,4,7-20H2,(H,27,31)/t22-,23+,24+,25-/m1/s1. The summed E-state index contributed by atoms with van der Waals surface area (Å²) in [5, 5.41) is 13.4. The van der Waals surface area contributed by atoms with Gasteiger partial charge in [0.15, 0.2) is 0 Å². The van der Waals surface area contributed by atoms with Crippen molar-refractivity contribution in [2.45, 2.75) is 56.5 Å². The molecule has 0 spiro atoms. The molecule has 2 N–H and O–H groups in total. The minimum atomic E-state index is -0.488. The van der Waals surface area contributed by atoms with E-state index in [9.17, 15) is 9.90 Å². The van der Waals surface area contributed by atoms with Gasteiger partial charge in [-0.2, -0.15) is 0 Å². The van der Waals surface area contributed by atoms with Crippen LogP contribution < -0.4 is 5.32 Å². The molecule has 3 heterocycles. The molecule has 1 aromatic rings. The molecule has 4 rings (SSSR count). The Labute approximate surface area is 203 Å². The number of hydrogen-bond donors (Lipinski definition) is 2. The number of hydrogen-bond acceptors (Lipinski definition) is 7. The molecule has 0 saturated carbocycles. The second-order valence-electron chi connectivity index (χ2n) is 9.72. The van der Waals surface area contributed by atoms with Gasteiger partial charge < -0.3 is 24.6 Å². The van der Waals surface area contributed by atoms with E-state index < -0.39 is 6.10 Å². The monoisotopic (exact) mass is 475 g/mol. The summed E-state index contributed by atoms with van der Waals surface area (Å²) in [4.78, 5) is 17.3. The highest BCUT2D eigenvalue weighted by Gasteiger charge is 2.37. The predicted octanol–water partition coefficient (Wildman–Crippen LogP) is 1.07. The second kappa shape index (κ2) is 13.5. The van der Waals surface area contributed by atoms with E-state index in [4.69, 9.17) is 14.2 Å². The van der Waals surface area contributed by atoms with Gasteiger partial charge in [-0.05, 0) is 37.8 Å². The van der Waals surface area contributed by atoms with Crippen molar-refractivity contribution < 1.29 is 24.1 Å². The normalized spacial score (nSPS) is 29.1. The molecule has 0 unspecified atom stereocenters. The largest absolute Gasteiger partial charge is 0.389 e. The molecule has 34 heavy (non-hydrogen) atoms. The van der Waals surface area contributed by atoms with Gasteiger partial charge >= 0.3 is 0 Å². The molecular weight excluding hydrogens is 434 g/mol. The molecule has 3 fully saturated rings. The fourth-order valence-corrected chi connectivity index (χ4v) is 5.25. The molecule has 4 atom stereocenters. The van der Waals surface area contributed by atoms with Gasteiger partial charge in [0.05, 0.1) is 51.2 Å². The Balaban J connectivity index is 1.22. The van der Waals surface area contributed by atoms with E-state index in [-0.39, 0.29) is 24.2 Å². The fraction of sp³-hybridized carbons (Fsp3) is 0.731. The van der Waals surface area contributed by atoms with Crippen LogP contribution in [0.1, 0.15) is 31.2 Å². The number of carbonyl (C=O) groups is 1. The van der Waals surface area contributed by atoms with Gasteiger partial charge in [0.2, 0.25) is 5.91 Å². The van der Waals surface area contributed by atoms with Crippen molar-refractivity contribution in [3.05, 3.63) is 35.9 Å². The van der Waals surface area contributed by atoms with Crippen molar-refractivity contribution in [2.24, 2.45) is 0 Å². The highest BCUT2D eigenvalue weighted by molar-refractivity contribution is 5.76. The van der Waals surface area contributed by atoms with E-state index in [0.29, 0.717) is 32.7 Å². The van der Waals surface area contributed by atoms with Crippen molar-refractivity contribution in [2.75, 3.05) is 65.7 Å². The summed E-state index contributed by atoms with van der Waals surface area (Å²) in [5.41, 5.74) is 1.30. The number of amides is 1. The van der Waals surface area contributed by atoms with E-state index in [1.54, 1.807) is 0 Å². The van der Waals surface area contributed by atoms with Crippen LogP contribution in [0.25, 0.3) is 0 Å². The topological polar surface area (TPSA) is 83.5 Å². The summed E-state index contributed by atoms with van der Waals surface area (Å²) in [7, 11) is 0. The van der Waals surface area contributed by atoms with E-state index >= 15 is 0 Å². The van der Waals surface area contributed by atoms with Gasteiger partial charge in [0.25, 0.3) is 0 Å². The van der Waals surface area contributed by atoms with Crippen LogP contribution in [-0.2, 0) is 25.4 Å². The van der Waals surface area contributed by atoms with E-state index in [1.165, 1.54) is 5.56 Å². The summed E-state index contributed by atoms with van der Waals surface area (Å²) in [6, 6.07) is 10.7. The molecule has 0 radical (unpaired) electrons. The minimum absolute atomic E-state index is 0.0635. The first-order valence-electron chi connectivity index (χ1n) is 12.9. The van der Waals surface area contributed by atoms with Crippen molar-refractivity contribution in [3.63, 3.8) is 0 Å². The first-order valence-corrected chi connectivity index (χ1v) is 12.9. The number of nitrogens with one attached hydrogen (secondary N) is 1. The quantitative estimate of drug-likeness (QED) is 0.517. The van der Waals surface area contributed by atoms with Crippen molar-refractivity contribution >= 4 is 5.91 Å². The number of benzene rings is 1. The average molecular weight is 476 g/mol. The third-order valence-corrected chi connectivity index (χ3v) is 7.11. The number of ether oxygens (including phenoxy) is 3. The Bertz CT molecular complexity index is 730. The maximum atomic E-state index is 12.5. The van der Waals surface area contributed by atoms with Crippen LogP contribution in [0, 0.1) is 0 Å². The van der Waals surface area contributed by atoms with E-state index in [0.717, 1.165) is 65.1 Å². The Morgan fingerprint density at radius 2 is 1.88 bits per heavy atom. The van der Waals surface area contributed by atoms with Crippen molar-refractivity contribution in [1.82, 2.24) is 15.1 Å².